The molecule has 1 heterocycles. The molecule has 0 aromatic rings. The maximum absolute atomic E-state index is 5.65. The summed E-state index contributed by atoms with van der Waals surface area (Å²) in [7, 11) is 1.49. The number of nitrogens with zero attached hydrogens (tertiary/aromatic N) is 1. The summed E-state index contributed by atoms with van der Waals surface area (Å²) in [4.78, 5) is 4.73. The number of hydrogen-bond donors (Lipinski definition) is 2. The van der Waals surface area contributed by atoms with Gasteiger partial charge in [0.2, 0.25) is 0 Å². The lowest BCUT2D eigenvalue weighted by Crippen LogP contribution is -2.51. The van der Waals surface area contributed by atoms with Crippen LogP contribution in [0.15, 0.2) is 11.2 Å². The first-order valence-electron chi connectivity index (χ1n) is 2.61. The summed E-state index contributed by atoms with van der Waals surface area (Å²) in [5.74, 6) is 0. The van der Waals surface area contributed by atoms with E-state index in [9.17, 15) is 0 Å². The number of nitrogens with one attached hydrogen (secondary N) is 2. The van der Waals surface area contributed by atoms with E-state index in [1.54, 1.807) is 6.08 Å². The average Bonchev–Trinajstić information content (AvgIpc) is 1.85. The molecular formula is C4H7Cl2N3O. The second-order valence-corrected chi connectivity index (χ2v) is 2.51. The Morgan fingerprint density at radius 2 is 2.50 bits per heavy atom. The fourth-order valence-corrected chi connectivity index (χ4v) is 1.02. The van der Waals surface area contributed by atoms with Crippen LogP contribution in [0.1, 0.15) is 0 Å². The van der Waals surface area contributed by atoms with Crippen molar-refractivity contribution < 1.29 is 4.84 Å². The lowest BCUT2D eigenvalue weighted by molar-refractivity contribution is -0.205. The summed E-state index contributed by atoms with van der Waals surface area (Å²) in [6.07, 6.45) is 1.61. The van der Waals surface area contributed by atoms with Crippen LogP contribution in [0.3, 0.4) is 0 Å². The first kappa shape index (κ1) is 8.10. The normalized spacial score (nSPS) is 27.5. The van der Waals surface area contributed by atoms with Crippen molar-refractivity contribution in [2.75, 3.05) is 7.11 Å². The molecule has 0 fully saturated rings. The topological polar surface area (TPSA) is 36.5 Å². The average molecular weight is 184 g/mol. The first-order valence-corrected chi connectivity index (χ1v) is 3.42. The Hall–Kier alpha value is -0.0000000000000000763. The first-order chi connectivity index (χ1) is 4.72. The van der Waals surface area contributed by atoms with E-state index >= 15 is 0 Å². The highest BCUT2D eigenvalue weighted by Gasteiger charge is 2.14. The van der Waals surface area contributed by atoms with Crippen LogP contribution in [0.5, 0.6) is 0 Å². The van der Waals surface area contributed by atoms with Gasteiger partial charge in [0, 0.05) is 0 Å². The van der Waals surface area contributed by atoms with E-state index in [1.165, 1.54) is 12.4 Å². The third-order valence-corrected chi connectivity index (χ3v) is 1.36. The summed E-state index contributed by atoms with van der Waals surface area (Å²) in [6, 6.07) is 0. The van der Waals surface area contributed by atoms with Crippen molar-refractivity contribution in [3.05, 3.63) is 11.2 Å². The van der Waals surface area contributed by atoms with Gasteiger partial charge in [-0.1, -0.05) is 23.2 Å². The van der Waals surface area contributed by atoms with Crippen LogP contribution >= 0.6 is 23.2 Å². The highest BCUT2D eigenvalue weighted by molar-refractivity contribution is 6.30. The molecule has 0 spiro atoms. The van der Waals surface area contributed by atoms with Gasteiger partial charge in [0.05, 0.1) is 7.11 Å². The van der Waals surface area contributed by atoms with Gasteiger partial charge in [-0.3, -0.25) is 10.3 Å². The van der Waals surface area contributed by atoms with Crippen molar-refractivity contribution in [1.29, 1.82) is 0 Å². The highest BCUT2D eigenvalue weighted by atomic mass is 35.5. The molecule has 1 atom stereocenters. The molecule has 0 aromatic carbocycles. The second-order valence-electron chi connectivity index (χ2n) is 1.63. The number of hydrazine groups is 2. The van der Waals surface area contributed by atoms with Gasteiger partial charge >= 0.3 is 0 Å². The van der Waals surface area contributed by atoms with E-state index in [2.05, 4.69) is 10.9 Å². The van der Waals surface area contributed by atoms with E-state index in [-0.39, 0.29) is 5.50 Å². The third kappa shape index (κ3) is 2.00. The number of alkyl halides is 1. The Balaban J connectivity index is 2.52. The monoisotopic (exact) mass is 183 g/mol. The van der Waals surface area contributed by atoms with Gasteiger partial charge in [-0.15, -0.1) is 0 Å². The Morgan fingerprint density at radius 1 is 1.80 bits per heavy atom. The molecule has 0 saturated carbocycles. The minimum atomic E-state index is -0.339. The van der Waals surface area contributed by atoms with Crippen LogP contribution in [0.4, 0.5) is 0 Å². The van der Waals surface area contributed by atoms with Gasteiger partial charge in [-0.05, 0) is 11.4 Å². The number of rotatable bonds is 1. The van der Waals surface area contributed by atoms with Crippen molar-refractivity contribution in [3.63, 3.8) is 0 Å². The van der Waals surface area contributed by atoms with Crippen molar-refractivity contribution in [2.24, 2.45) is 0 Å². The highest BCUT2D eigenvalue weighted by Crippen LogP contribution is 2.07. The standard InChI is InChI=1S/C4H7Cl2N3O/c1-10-9-7-3(5)2-4(6)8-9/h2-3,7-8H,1H3. The van der Waals surface area contributed by atoms with Crippen molar-refractivity contribution >= 4 is 23.2 Å². The van der Waals surface area contributed by atoms with Gasteiger partial charge in [0.1, 0.15) is 10.7 Å². The molecule has 1 unspecified atom stereocenters. The van der Waals surface area contributed by atoms with Crippen LogP contribution in [-0.2, 0) is 4.84 Å². The summed E-state index contributed by atoms with van der Waals surface area (Å²) < 4.78 is 0. The van der Waals surface area contributed by atoms with E-state index in [1.807, 2.05) is 0 Å². The van der Waals surface area contributed by atoms with Crippen molar-refractivity contribution in [1.82, 2.24) is 16.1 Å². The summed E-state index contributed by atoms with van der Waals surface area (Å²) in [6.45, 7) is 0. The minimum Gasteiger partial charge on any atom is -0.271 e. The third-order valence-electron chi connectivity index (χ3n) is 0.924. The zero-order chi connectivity index (χ0) is 7.56. The smallest absolute Gasteiger partial charge is 0.121 e. The SMILES string of the molecule is CON1NC(Cl)=CC(Cl)N1. The van der Waals surface area contributed by atoms with E-state index < -0.39 is 0 Å². The summed E-state index contributed by atoms with van der Waals surface area (Å²) in [5, 5.41) is 1.65. The second kappa shape index (κ2) is 3.41. The molecule has 0 bridgehead atoms. The molecule has 4 nitrogen and oxygen atoms in total. The summed E-state index contributed by atoms with van der Waals surface area (Å²) >= 11 is 11.2. The molecule has 2 N–H and O–H groups in total. The predicted molar refractivity (Wildman–Crippen MR) is 38.7 cm³/mol. The fourth-order valence-electron chi connectivity index (χ4n) is 0.543. The van der Waals surface area contributed by atoms with Crippen molar-refractivity contribution in [3.8, 4) is 0 Å². The molecule has 1 aliphatic rings. The van der Waals surface area contributed by atoms with Gasteiger partial charge in [0.25, 0.3) is 0 Å². The van der Waals surface area contributed by atoms with Crippen LogP contribution in [0, 0.1) is 0 Å². The van der Waals surface area contributed by atoms with Gasteiger partial charge in [-0.2, -0.15) is 5.43 Å². The van der Waals surface area contributed by atoms with E-state index in [0.29, 0.717) is 5.16 Å². The molecule has 6 heteroatoms. The fraction of sp³-hybridized carbons (Fsp3) is 0.500. The van der Waals surface area contributed by atoms with Crippen LogP contribution in [0.25, 0.3) is 0 Å². The molecule has 0 amide bonds. The van der Waals surface area contributed by atoms with E-state index in [4.69, 9.17) is 28.0 Å². The van der Waals surface area contributed by atoms with E-state index in [0.717, 1.165) is 0 Å². The number of hydrogen-bond acceptors (Lipinski definition) is 4. The van der Waals surface area contributed by atoms with Gasteiger partial charge in [-0.25, -0.2) is 0 Å². The zero-order valence-corrected chi connectivity index (χ0v) is 6.78. The van der Waals surface area contributed by atoms with Crippen LogP contribution < -0.4 is 10.9 Å². The molecule has 0 aliphatic carbocycles. The maximum atomic E-state index is 5.65. The molecule has 0 aromatic heterocycles. The van der Waals surface area contributed by atoms with Gasteiger partial charge in [0.15, 0.2) is 0 Å². The lowest BCUT2D eigenvalue weighted by atomic mass is 10.6. The molecule has 0 saturated heterocycles. The summed E-state index contributed by atoms with van der Waals surface area (Å²) in [5.41, 5.74) is 5.00. The molecular weight excluding hydrogens is 177 g/mol. The van der Waals surface area contributed by atoms with Crippen molar-refractivity contribution in [2.45, 2.75) is 5.50 Å². The Kier molecular flexibility index (Phi) is 2.76. The van der Waals surface area contributed by atoms with Gasteiger partial charge < -0.3 is 0 Å². The number of halogens is 2. The Morgan fingerprint density at radius 3 is 3.00 bits per heavy atom. The van der Waals surface area contributed by atoms with Crippen LogP contribution in [0.2, 0.25) is 0 Å². The zero-order valence-electron chi connectivity index (χ0n) is 5.27. The van der Waals surface area contributed by atoms with Crippen LogP contribution in [-0.4, -0.2) is 17.9 Å². The molecule has 1 aliphatic heterocycles. The lowest BCUT2D eigenvalue weighted by Gasteiger charge is -2.26. The maximum Gasteiger partial charge on any atom is 0.121 e. The largest absolute Gasteiger partial charge is 0.271 e. The predicted octanol–water partition coefficient (Wildman–Crippen LogP) is 0.518. The quantitative estimate of drug-likeness (QED) is 0.460. The molecule has 1 rings (SSSR count). The molecule has 0 radical (unpaired) electrons. The molecule has 10 heavy (non-hydrogen) atoms. The Bertz CT molecular complexity index is 151. The Labute approximate surface area is 68.6 Å². The molecule has 58 valence electrons. The minimum absolute atomic E-state index is 0.339.